The predicted molar refractivity (Wildman–Crippen MR) is 89.0 cm³/mol. The van der Waals surface area contributed by atoms with Gasteiger partial charge in [0, 0.05) is 31.0 Å². The molecule has 2 aliphatic rings. The summed E-state index contributed by atoms with van der Waals surface area (Å²) < 4.78 is 23.6. The van der Waals surface area contributed by atoms with Gasteiger partial charge in [0.25, 0.3) is 5.91 Å². The zero-order chi connectivity index (χ0) is 16.8. The molecule has 3 atom stereocenters. The van der Waals surface area contributed by atoms with E-state index < -0.39 is 9.84 Å². The Kier molecular flexibility index (Phi) is 4.23. The monoisotopic (exact) mass is 336 g/mol. The first kappa shape index (κ1) is 16.5. The van der Waals surface area contributed by atoms with E-state index in [1.165, 1.54) is 12.3 Å². The van der Waals surface area contributed by atoms with Crippen molar-refractivity contribution in [3.63, 3.8) is 0 Å². The van der Waals surface area contributed by atoms with Gasteiger partial charge in [-0.05, 0) is 48.8 Å². The molecule has 0 aromatic heterocycles. The van der Waals surface area contributed by atoms with Crippen molar-refractivity contribution in [2.24, 2.45) is 17.6 Å². The summed E-state index contributed by atoms with van der Waals surface area (Å²) in [6, 6.07) is 5.06. The highest BCUT2D eigenvalue weighted by Crippen LogP contribution is 2.37. The molecule has 1 saturated carbocycles. The third-order valence-corrected chi connectivity index (χ3v) is 6.43. The fourth-order valence-corrected chi connectivity index (χ4v) is 4.58. The summed E-state index contributed by atoms with van der Waals surface area (Å²) in [5.41, 5.74) is 7.55. The number of hydrogen-bond acceptors (Lipinski definition) is 4. The van der Waals surface area contributed by atoms with E-state index in [-0.39, 0.29) is 16.8 Å². The van der Waals surface area contributed by atoms with Crippen LogP contribution in [0.15, 0.2) is 23.1 Å². The van der Waals surface area contributed by atoms with Crippen molar-refractivity contribution in [1.82, 2.24) is 4.90 Å². The van der Waals surface area contributed by atoms with Crippen molar-refractivity contribution in [1.29, 1.82) is 0 Å². The number of aryl methyl sites for hydroxylation is 1. The average molecular weight is 336 g/mol. The van der Waals surface area contributed by atoms with E-state index in [0.29, 0.717) is 30.4 Å². The second-order valence-corrected chi connectivity index (χ2v) is 8.84. The van der Waals surface area contributed by atoms with Gasteiger partial charge < -0.3 is 10.6 Å². The van der Waals surface area contributed by atoms with E-state index in [1.807, 2.05) is 11.8 Å². The SMILES string of the molecule is CCc1ccc(S(C)(=O)=O)cc1C(=O)N1CC2CCC(N)C2C1. The molecule has 1 heterocycles. The number of fused-ring (bicyclic) bond motifs is 1. The van der Waals surface area contributed by atoms with Crippen LogP contribution in [0.3, 0.4) is 0 Å². The Morgan fingerprint density at radius 3 is 2.65 bits per heavy atom. The third-order valence-electron chi connectivity index (χ3n) is 5.32. The number of carbonyl (C=O) groups excluding carboxylic acids is 1. The van der Waals surface area contributed by atoms with Crippen molar-refractivity contribution < 1.29 is 13.2 Å². The van der Waals surface area contributed by atoms with Gasteiger partial charge in [-0.2, -0.15) is 0 Å². The lowest BCUT2D eigenvalue weighted by Crippen LogP contribution is -2.34. The van der Waals surface area contributed by atoms with Crippen molar-refractivity contribution >= 4 is 15.7 Å². The van der Waals surface area contributed by atoms with Gasteiger partial charge in [-0.1, -0.05) is 13.0 Å². The minimum Gasteiger partial charge on any atom is -0.338 e. The summed E-state index contributed by atoms with van der Waals surface area (Å²) in [6.07, 6.45) is 3.99. The smallest absolute Gasteiger partial charge is 0.254 e. The van der Waals surface area contributed by atoms with E-state index in [2.05, 4.69) is 0 Å². The van der Waals surface area contributed by atoms with E-state index in [1.54, 1.807) is 12.1 Å². The predicted octanol–water partition coefficient (Wildman–Crippen LogP) is 1.46. The van der Waals surface area contributed by atoms with E-state index in [9.17, 15) is 13.2 Å². The Morgan fingerprint density at radius 2 is 2.04 bits per heavy atom. The summed E-state index contributed by atoms with van der Waals surface area (Å²) in [5, 5.41) is 0. The molecule has 1 aromatic carbocycles. The maximum absolute atomic E-state index is 12.9. The third kappa shape index (κ3) is 3.02. The maximum Gasteiger partial charge on any atom is 0.254 e. The fourth-order valence-electron chi connectivity index (χ4n) is 3.94. The molecule has 3 unspecified atom stereocenters. The maximum atomic E-state index is 12.9. The zero-order valence-electron chi connectivity index (χ0n) is 13.7. The van der Waals surface area contributed by atoms with Gasteiger partial charge in [0.2, 0.25) is 0 Å². The Labute approximate surface area is 137 Å². The number of amides is 1. The highest BCUT2D eigenvalue weighted by molar-refractivity contribution is 7.90. The van der Waals surface area contributed by atoms with Crippen molar-refractivity contribution in [3.8, 4) is 0 Å². The first-order valence-electron chi connectivity index (χ1n) is 8.19. The molecule has 1 aromatic rings. The Morgan fingerprint density at radius 1 is 1.30 bits per heavy atom. The van der Waals surface area contributed by atoms with Crippen LogP contribution in [0.1, 0.15) is 35.7 Å². The quantitative estimate of drug-likeness (QED) is 0.906. The molecular weight excluding hydrogens is 312 g/mol. The number of hydrogen-bond donors (Lipinski definition) is 1. The average Bonchev–Trinajstić information content (AvgIpc) is 3.07. The Bertz CT molecular complexity index is 729. The molecule has 0 bridgehead atoms. The normalized spacial score (nSPS) is 27.3. The fraction of sp³-hybridized carbons (Fsp3) is 0.588. The number of likely N-dealkylation sites (tertiary alicyclic amines) is 1. The molecule has 1 aliphatic carbocycles. The molecular formula is C17H24N2O3S. The lowest BCUT2D eigenvalue weighted by Gasteiger charge is -2.20. The van der Waals surface area contributed by atoms with Gasteiger partial charge in [0.05, 0.1) is 4.90 Å². The molecule has 23 heavy (non-hydrogen) atoms. The van der Waals surface area contributed by atoms with Crippen LogP contribution in [-0.2, 0) is 16.3 Å². The Balaban J connectivity index is 1.90. The van der Waals surface area contributed by atoms with Crippen LogP contribution >= 0.6 is 0 Å². The molecule has 1 amide bonds. The second kappa shape index (κ2) is 5.91. The van der Waals surface area contributed by atoms with Crippen molar-refractivity contribution in [2.45, 2.75) is 37.1 Å². The van der Waals surface area contributed by atoms with Crippen LogP contribution in [0.2, 0.25) is 0 Å². The number of rotatable bonds is 3. The molecule has 0 spiro atoms. The van der Waals surface area contributed by atoms with Gasteiger partial charge in [0.1, 0.15) is 0 Å². The summed E-state index contributed by atoms with van der Waals surface area (Å²) in [5.74, 6) is 0.827. The van der Waals surface area contributed by atoms with E-state index in [0.717, 1.165) is 24.9 Å². The molecule has 2 N–H and O–H groups in total. The zero-order valence-corrected chi connectivity index (χ0v) is 14.5. The largest absolute Gasteiger partial charge is 0.338 e. The van der Waals surface area contributed by atoms with Crippen LogP contribution < -0.4 is 5.73 Å². The molecule has 1 aliphatic heterocycles. The first-order valence-corrected chi connectivity index (χ1v) is 10.1. The summed E-state index contributed by atoms with van der Waals surface area (Å²) in [7, 11) is -3.32. The number of carbonyl (C=O) groups is 1. The molecule has 2 fully saturated rings. The lowest BCUT2D eigenvalue weighted by molar-refractivity contribution is 0.0778. The van der Waals surface area contributed by atoms with Crippen molar-refractivity contribution in [2.75, 3.05) is 19.3 Å². The minimum absolute atomic E-state index is 0.0612. The van der Waals surface area contributed by atoms with Gasteiger partial charge >= 0.3 is 0 Å². The van der Waals surface area contributed by atoms with Crippen molar-refractivity contribution in [3.05, 3.63) is 29.3 Å². The molecule has 3 rings (SSSR count). The molecule has 1 saturated heterocycles. The highest BCUT2D eigenvalue weighted by atomic mass is 32.2. The molecule has 6 heteroatoms. The summed E-state index contributed by atoms with van der Waals surface area (Å²) in [6.45, 7) is 3.40. The van der Waals surface area contributed by atoms with Crippen LogP contribution in [-0.4, -0.2) is 44.6 Å². The highest BCUT2D eigenvalue weighted by Gasteiger charge is 2.42. The Hall–Kier alpha value is -1.40. The first-order chi connectivity index (χ1) is 10.8. The number of benzene rings is 1. The van der Waals surface area contributed by atoms with Gasteiger partial charge in [0.15, 0.2) is 9.84 Å². The summed E-state index contributed by atoms with van der Waals surface area (Å²) >= 11 is 0. The van der Waals surface area contributed by atoms with Gasteiger partial charge in [-0.15, -0.1) is 0 Å². The van der Waals surface area contributed by atoms with E-state index in [4.69, 9.17) is 5.73 Å². The number of nitrogens with zero attached hydrogens (tertiary/aromatic N) is 1. The van der Waals surface area contributed by atoms with Gasteiger partial charge in [-0.3, -0.25) is 4.79 Å². The topological polar surface area (TPSA) is 80.5 Å². The molecule has 0 radical (unpaired) electrons. The number of nitrogens with two attached hydrogens (primary N) is 1. The van der Waals surface area contributed by atoms with Crippen LogP contribution in [0.5, 0.6) is 0 Å². The van der Waals surface area contributed by atoms with Crippen LogP contribution in [0, 0.1) is 11.8 Å². The molecule has 5 nitrogen and oxygen atoms in total. The van der Waals surface area contributed by atoms with Crippen LogP contribution in [0.4, 0.5) is 0 Å². The molecule has 126 valence electrons. The second-order valence-electron chi connectivity index (χ2n) is 6.82. The van der Waals surface area contributed by atoms with Gasteiger partial charge in [-0.25, -0.2) is 8.42 Å². The minimum atomic E-state index is -3.32. The number of sulfone groups is 1. The standard InChI is InChI=1S/C17H24N2O3S/c1-3-11-4-6-13(23(2,21)22)8-14(11)17(20)19-9-12-5-7-16(18)15(12)10-19/h4,6,8,12,15-16H,3,5,7,9-10,18H2,1-2H3. The summed E-state index contributed by atoms with van der Waals surface area (Å²) in [4.78, 5) is 15.0. The van der Waals surface area contributed by atoms with E-state index >= 15 is 0 Å². The lowest BCUT2D eigenvalue weighted by atomic mass is 9.98. The van der Waals surface area contributed by atoms with Crippen LogP contribution in [0.25, 0.3) is 0 Å².